The fourth-order valence-corrected chi connectivity index (χ4v) is 2.50. The molecule has 1 unspecified atom stereocenters. The second-order valence-electron chi connectivity index (χ2n) is 5.33. The van der Waals surface area contributed by atoms with Crippen LogP contribution in [-0.4, -0.2) is 18.8 Å². The Bertz CT molecular complexity index is 597. The van der Waals surface area contributed by atoms with Gasteiger partial charge in [-0.25, -0.2) is 0 Å². The normalized spacial score (nSPS) is 12.0. The van der Waals surface area contributed by atoms with Crippen LogP contribution in [0.15, 0.2) is 36.4 Å². The molecule has 0 aliphatic carbocycles. The molecule has 2 rings (SSSR count). The van der Waals surface area contributed by atoms with Gasteiger partial charge in [-0.3, -0.25) is 0 Å². The number of rotatable bonds is 5. The number of methoxy groups -OCH3 is 1. The molecule has 21 heavy (non-hydrogen) atoms. The quantitative estimate of drug-likeness (QED) is 0.910. The predicted molar refractivity (Wildman–Crippen MR) is 84.1 cm³/mol. The monoisotopic (exact) mass is 286 g/mol. The summed E-state index contributed by atoms with van der Waals surface area (Å²) in [5, 5.41) is 10.3. The number of hydrogen-bond donors (Lipinski definition) is 1. The van der Waals surface area contributed by atoms with Crippen molar-refractivity contribution in [1.29, 1.82) is 0 Å². The van der Waals surface area contributed by atoms with E-state index in [-0.39, 0.29) is 6.61 Å². The van der Waals surface area contributed by atoms with Crippen LogP contribution in [0.4, 0.5) is 0 Å². The van der Waals surface area contributed by atoms with Crippen molar-refractivity contribution in [3.05, 3.63) is 58.7 Å². The van der Waals surface area contributed by atoms with Gasteiger partial charge in [-0.15, -0.1) is 0 Å². The van der Waals surface area contributed by atoms with E-state index in [9.17, 15) is 5.11 Å². The van der Waals surface area contributed by atoms with Gasteiger partial charge >= 0.3 is 0 Å². The van der Waals surface area contributed by atoms with Crippen molar-refractivity contribution in [2.24, 2.45) is 0 Å². The minimum absolute atomic E-state index is 0.220. The van der Waals surface area contributed by atoms with Crippen molar-refractivity contribution >= 4 is 0 Å². The molecule has 3 nitrogen and oxygen atoms in total. The third-order valence-electron chi connectivity index (χ3n) is 3.47. The first kappa shape index (κ1) is 15.4. The minimum atomic E-state index is -0.680. The number of hydrogen-bond acceptors (Lipinski definition) is 3. The maximum atomic E-state index is 10.3. The number of aryl methyl sites for hydroxylation is 3. The third kappa shape index (κ3) is 3.76. The van der Waals surface area contributed by atoms with Crippen LogP contribution >= 0.6 is 0 Å². The Morgan fingerprint density at radius 3 is 2.33 bits per heavy atom. The fourth-order valence-electron chi connectivity index (χ4n) is 2.50. The lowest BCUT2D eigenvalue weighted by Gasteiger charge is -2.17. The van der Waals surface area contributed by atoms with Crippen molar-refractivity contribution < 1.29 is 14.6 Å². The van der Waals surface area contributed by atoms with Crippen LogP contribution < -0.4 is 9.47 Å². The summed E-state index contributed by atoms with van der Waals surface area (Å²) in [7, 11) is 1.61. The largest absolute Gasteiger partial charge is 0.497 e. The van der Waals surface area contributed by atoms with E-state index in [2.05, 4.69) is 19.1 Å². The summed E-state index contributed by atoms with van der Waals surface area (Å²) in [6.07, 6.45) is -0.680. The highest BCUT2D eigenvalue weighted by Crippen LogP contribution is 2.26. The molecule has 3 heteroatoms. The molecule has 0 bridgehead atoms. The molecule has 0 aliphatic heterocycles. The van der Waals surface area contributed by atoms with Crippen LogP contribution in [0.2, 0.25) is 0 Å². The summed E-state index contributed by atoms with van der Waals surface area (Å²) in [5.41, 5.74) is 4.18. The average Bonchev–Trinajstić information content (AvgIpc) is 2.46. The highest BCUT2D eigenvalue weighted by molar-refractivity contribution is 5.43. The Kier molecular flexibility index (Phi) is 4.86. The molecule has 0 radical (unpaired) electrons. The van der Waals surface area contributed by atoms with Crippen LogP contribution in [-0.2, 0) is 0 Å². The molecule has 0 saturated heterocycles. The summed E-state index contributed by atoms with van der Waals surface area (Å²) in [6, 6.07) is 11.6. The zero-order valence-corrected chi connectivity index (χ0v) is 13.0. The van der Waals surface area contributed by atoms with E-state index in [1.807, 2.05) is 38.1 Å². The van der Waals surface area contributed by atoms with Crippen molar-refractivity contribution in [3.63, 3.8) is 0 Å². The van der Waals surface area contributed by atoms with Crippen molar-refractivity contribution in [2.45, 2.75) is 26.9 Å². The van der Waals surface area contributed by atoms with Crippen molar-refractivity contribution in [2.75, 3.05) is 13.7 Å². The third-order valence-corrected chi connectivity index (χ3v) is 3.47. The highest BCUT2D eigenvalue weighted by Gasteiger charge is 2.12. The van der Waals surface area contributed by atoms with Crippen LogP contribution in [0.5, 0.6) is 11.5 Å². The highest BCUT2D eigenvalue weighted by atomic mass is 16.5. The molecular weight excluding hydrogens is 264 g/mol. The second kappa shape index (κ2) is 6.64. The van der Waals surface area contributed by atoms with E-state index in [1.165, 1.54) is 5.56 Å². The fraction of sp³-hybridized carbons (Fsp3) is 0.333. The van der Waals surface area contributed by atoms with Gasteiger partial charge in [0, 0.05) is 0 Å². The molecule has 112 valence electrons. The molecule has 1 atom stereocenters. The predicted octanol–water partition coefficient (Wildman–Crippen LogP) is 3.73. The van der Waals surface area contributed by atoms with Gasteiger partial charge in [-0.05, 0) is 49.6 Å². The van der Waals surface area contributed by atoms with Crippen molar-refractivity contribution in [3.8, 4) is 11.5 Å². The SMILES string of the molecule is COc1cccc(C(O)COc2c(C)cc(C)cc2C)c1. The Morgan fingerprint density at radius 1 is 1.05 bits per heavy atom. The smallest absolute Gasteiger partial charge is 0.125 e. The molecular formula is C18H22O3. The number of aliphatic hydroxyl groups is 1. The van der Waals surface area contributed by atoms with E-state index in [0.717, 1.165) is 28.2 Å². The first-order chi connectivity index (χ1) is 10.0. The summed E-state index contributed by atoms with van der Waals surface area (Å²) >= 11 is 0. The van der Waals surface area contributed by atoms with Gasteiger partial charge in [0.2, 0.25) is 0 Å². The molecule has 0 fully saturated rings. The van der Waals surface area contributed by atoms with E-state index in [1.54, 1.807) is 7.11 Å². The van der Waals surface area contributed by atoms with Crippen LogP contribution in [0.25, 0.3) is 0 Å². The molecule has 0 spiro atoms. The lowest BCUT2D eigenvalue weighted by Crippen LogP contribution is -2.11. The zero-order chi connectivity index (χ0) is 15.4. The topological polar surface area (TPSA) is 38.7 Å². The maximum absolute atomic E-state index is 10.3. The minimum Gasteiger partial charge on any atom is -0.497 e. The Hall–Kier alpha value is -2.00. The lowest BCUT2D eigenvalue weighted by molar-refractivity contribution is 0.107. The number of benzene rings is 2. The molecule has 0 amide bonds. The average molecular weight is 286 g/mol. The van der Waals surface area contributed by atoms with Gasteiger partial charge in [0.25, 0.3) is 0 Å². The number of ether oxygens (including phenoxy) is 2. The van der Waals surface area contributed by atoms with Crippen LogP contribution in [0, 0.1) is 20.8 Å². The van der Waals surface area contributed by atoms with Gasteiger partial charge in [0.15, 0.2) is 0 Å². The summed E-state index contributed by atoms with van der Waals surface area (Å²) in [5.74, 6) is 1.58. The van der Waals surface area contributed by atoms with Crippen LogP contribution in [0.3, 0.4) is 0 Å². The van der Waals surface area contributed by atoms with Gasteiger partial charge in [-0.1, -0.05) is 29.8 Å². The number of aliphatic hydroxyl groups excluding tert-OH is 1. The molecule has 2 aromatic carbocycles. The molecule has 0 aromatic heterocycles. The van der Waals surface area contributed by atoms with E-state index in [4.69, 9.17) is 9.47 Å². The van der Waals surface area contributed by atoms with Gasteiger partial charge in [0.1, 0.15) is 24.2 Å². The van der Waals surface area contributed by atoms with Gasteiger partial charge in [-0.2, -0.15) is 0 Å². The molecule has 0 saturated carbocycles. The first-order valence-electron chi connectivity index (χ1n) is 7.04. The Labute approximate surface area is 126 Å². The molecule has 0 heterocycles. The zero-order valence-electron chi connectivity index (χ0n) is 13.0. The summed E-state index contributed by atoms with van der Waals surface area (Å²) < 4.78 is 11.0. The maximum Gasteiger partial charge on any atom is 0.125 e. The summed E-state index contributed by atoms with van der Waals surface area (Å²) in [4.78, 5) is 0. The van der Waals surface area contributed by atoms with E-state index in [0.29, 0.717) is 0 Å². The Morgan fingerprint density at radius 2 is 1.71 bits per heavy atom. The van der Waals surface area contributed by atoms with Gasteiger partial charge in [0.05, 0.1) is 7.11 Å². The van der Waals surface area contributed by atoms with Crippen molar-refractivity contribution in [1.82, 2.24) is 0 Å². The molecule has 2 aromatic rings. The van der Waals surface area contributed by atoms with Gasteiger partial charge < -0.3 is 14.6 Å². The molecule has 0 aliphatic rings. The van der Waals surface area contributed by atoms with E-state index >= 15 is 0 Å². The van der Waals surface area contributed by atoms with Crippen LogP contribution in [0.1, 0.15) is 28.4 Å². The second-order valence-corrected chi connectivity index (χ2v) is 5.33. The Balaban J connectivity index is 2.09. The lowest BCUT2D eigenvalue weighted by atomic mass is 10.1. The summed E-state index contributed by atoms with van der Waals surface area (Å²) in [6.45, 7) is 6.33. The standard InChI is InChI=1S/C18H22O3/c1-12-8-13(2)18(14(3)9-12)21-11-17(19)15-6-5-7-16(10-15)20-4/h5-10,17,19H,11H2,1-4H3. The van der Waals surface area contributed by atoms with E-state index < -0.39 is 6.10 Å². The molecule has 1 N–H and O–H groups in total. The first-order valence-corrected chi connectivity index (χ1v) is 7.04.